The van der Waals surface area contributed by atoms with Crippen LogP contribution in [0.4, 0.5) is 5.69 Å². The summed E-state index contributed by atoms with van der Waals surface area (Å²) >= 11 is 6.33. The van der Waals surface area contributed by atoms with Crippen molar-refractivity contribution in [3.8, 4) is 17.2 Å². The van der Waals surface area contributed by atoms with E-state index >= 15 is 0 Å². The maximum Gasteiger partial charge on any atom is 0.329 e. The Balaban J connectivity index is 0.881. The van der Waals surface area contributed by atoms with E-state index in [9.17, 15) is 14.7 Å². The van der Waals surface area contributed by atoms with E-state index in [1.165, 1.54) is 22.4 Å². The average molecular weight is 922 g/mol. The summed E-state index contributed by atoms with van der Waals surface area (Å²) in [5, 5.41) is 14.7. The number of aliphatic carboxylic acids is 1. The smallest absolute Gasteiger partial charge is 0.329 e. The fraction of sp³-hybridized carbons (Fsp3) is 0.537. The standard InChI is InChI=1S/C54H69ClN4O7/c1-38(37-66-49-17-23-56-48-13-4-8-39(2)51(48)49)32-42-34-41-15-16-46(36-47(41)53(42)19-21-54(22-20-53,52(61)62)57-44-11-6-10-43(55)35-44)64-28-7-14-50(60)58(3)24-18-40-9-5-12-45(33-40)65-31-27-59-25-29-63-30-26-59/h5-6,9-12,15-17,23,33,35-36,38-39,42,57H,4,7-8,13-14,18-22,24-32,34,37H2,1-3H3,(H,61,62)/t38-,39-,42+,53-,54-/m1/s1. The molecule has 1 aliphatic heterocycles. The van der Waals surface area contributed by atoms with Crippen molar-refractivity contribution < 1.29 is 33.6 Å². The first-order chi connectivity index (χ1) is 32.0. The van der Waals surface area contributed by atoms with Gasteiger partial charge in [0, 0.05) is 67.8 Å². The number of fused-ring (bicyclic) bond motifs is 3. The Morgan fingerprint density at radius 3 is 2.58 bits per heavy atom. The van der Waals surface area contributed by atoms with E-state index in [-0.39, 0.29) is 17.2 Å². The Kier molecular flexibility index (Phi) is 15.8. The fourth-order valence-electron chi connectivity index (χ4n) is 11.1. The van der Waals surface area contributed by atoms with Gasteiger partial charge in [0.05, 0.1) is 26.4 Å². The number of aromatic nitrogens is 1. The van der Waals surface area contributed by atoms with Crippen LogP contribution in [0.2, 0.25) is 5.02 Å². The molecule has 2 N–H and O–H groups in total. The van der Waals surface area contributed by atoms with Gasteiger partial charge >= 0.3 is 5.97 Å². The molecule has 0 radical (unpaired) electrons. The van der Waals surface area contributed by atoms with Crippen molar-refractivity contribution in [2.24, 2.45) is 11.8 Å². The predicted molar refractivity (Wildman–Crippen MR) is 259 cm³/mol. The number of amides is 1. The first-order valence-electron chi connectivity index (χ1n) is 24.4. The number of carbonyl (C=O) groups excluding carboxylic acids is 1. The van der Waals surface area contributed by atoms with Crippen molar-refractivity contribution in [3.05, 3.63) is 112 Å². The maximum absolute atomic E-state index is 13.2. The van der Waals surface area contributed by atoms with Gasteiger partial charge in [0.15, 0.2) is 0 Å². The van der Waals surface area contributed by atoms with Gasteiger partial charge in [-0.25, -0.2) is 4.79 Å². The largest absolute Gasteiger partial charge is 0.494 e. The number of carbonyl (C=O) groups is 2. The van der Waals surface area contributed by atoms with Crippen molar-refractivity contribution in [1.29, 1.82) is 0 Å². The number of carboxylic acid groups (broad SMARTS) is 1. The van der Waals surface area contributed by atoms with Crippen LogP contribution >= 0.6 is 11.6 Å². The number of nitrogens with one attached hydrogen (secondary N) is 1. The molecule has 3 aromatic carbocycles. The highest BCUT2D eigenvalue weighted by Gasteiger charge is 2.54. The summed E-state index contributed by atoms with van der Waals surface area (Å²) in [6, 6.07) is 24.0. The normalized spacial score (nSPS) is 23.1. The number of likely N-dealkylation sites (N-methyl/N-ethyl adjacent to an activating group) is 1. The van der Waals surface area contributed by atoms with Crippen molar-refractivity contribution >= 4 is 29.2 Å². The molecule has 66 heavy (non-hydrogen) atoms. The minimum atomic E-state index is -1.11. The molecule has 1 saturated heterocycles. The molecule has 1 aromatic heterocycles. The summed E-state index contributed by atoms with van der Waals surface area (Å²) < 4.78 is 24.5. The van der Waals surface area contributed by atoms with Crippen LogP contribution < -0.4 is 19.5 Å². The highest BCUT2D eigenvalue weighted by molar-refractivity contribution is 6.30. The van der Waals surface area contributed by atoms with E-state index in [1.807, 2.05) is 48.5 Å². The molecule has 0 bridgehead atoms. The van der Waals surface area contributed by atoms with Gasteiger partial charge in [0.25, 0.3) is 0 Å². The van der Waals surface area contributed by atoms with E-state index in [4.69, 9.17) is 30.5 Å². The second-order valence-corrected chi connectivity index (χ2v) is 19.9. The molecule has 4 aromatic rings. The molecule has 3 aliphatic carbocycles. The van der Waals surface area contributed by atoms with Crippen molar-refractivity contribution in [1.82, 2.24) is 14.8 Å². The summed E-state index contributed by atoms with van der Waals surface area (Å²) in [5.74, 6) is 2.91. The number of hydrogen-bond acceptors (Lipinski definition) is 9. The monoisotopic (exact) mass is 920 g/mol. The number of anilines is 1. The summed E-state index contributed by atoms with van der Waals surface area (Å²) in [6.45, 7) is 11.2. The summed E-state index contributed by atoms with van der Waals surface area (Å²) in [5.41, 5.74) is 5.57. The van der Waals surface area contributed by atoms with Crippen molar-refractivity contribution in [3.63, 3.8) is 0 Å². The van der Waals surface area contributed by atoms with E-state index in [0.717, 1.165) is 107 Å². The lowest BCUT2D eigenvalue weighted by molar-refractivity contribution is -0.144. The lowest BCUT2D eigenvalue weighted by atomic mass is 9.59. The Morgan fingerprint density at radius 2 is 1.77 bits per heavy atom. The molecule has 12 heteroatoms. The molecule has 2 heterocycles. The summed E-state index contributed by atoms with van der Waals surface area (Å²) in [7, 11) is 1.87. The van der Waals surface area contributed by atoms with Crippen LogP contribution in [0.5, 0.6) is 17.2 Å². The van der Waals surface area contributed by atoms with Gasteiger partial charge in [0.2, 0.25) is 5.91 Å². The zero-order valence-corrected chi connectivity index (χ0v) is 40.0. The predicted octanol–water partition coefficient (Wildman–Crippen LogP) is 9.77. The number of aryl methyl sites for hydroxylation is 1. The third kappa shape index (κ3) is 11.5. The average Bonchev–Trinajstić information content (AvgIpc) is 3.60. The zero-order chi connectivity index (χ0) is 46.1. The number of morpholine rings is 1. The van der Waals surface area contributed by atoms with Crippen LogP contribution in [0.3, 0.4) is 0 Å². The van der Waals surface area contributed by atoms with Gasteiger partial charge in [-0.15, -0.1) is 0 Å². The maximum atomic E-state index is 13.2. The van der Waals surface area contributed by atoms with Gasteiger partial charge in [-0.1, -0.05) is 49.7 Å². The number of benzene rings is 3. The van der Waals surface area contributed by atoms with Gasteiger partial charge in [-0.2, -0.15) is 0 Å². The second-order valence-electron chi connectivity index (χ2n) is 19.5. The highest BCUT2D eigenvalue weighted by atomic mass is 35.5. The van der Waals surface area contributed by atoms with Gasteiger partial charge < -0.3 is 34.3 Å². The molecular weight excluding hydrogens is 852 g/mol. The molecular formula is C54H69ClN4O7. The van der Waals surface area contributed by atoms with E-state index in [1.54, 1.807) is 12.1 Å². The molecule has 11 nitrogen and oxygen atoms in total. The third-order valence-electron chi connectivity index (χ3n) is 14.9. The molecule has 4 aliphatic rings. The van der Waals surface area contributed by atoms with Crippen LogP contribution in [-0.4, -0.2) is 104 Å². The molecule has 2 fully saturated rings. The van der Waals surface area contributed by atoms with Crippen LogP contribution in [0, 0.1) is 11.8 Å². The number of hydrogen-bond donors (Lipinski definition) is 2. The molecule has 1 spiro atoms. The van der Waals surface area contributed by atoms with Crippen LogP contribution in [0.15, 0.2) is 79.0 Å². The van der Waals surface area contributed by atoms with E-state index < -0.39 is 11.5 Å². The van der Waals surface area contributed by atoms with Gasteiger partial charge in [-0.05, 0) is 159 Å². The van der Waals surface area contributed by atoms with E-state index in [0.29, 0.717) is 74.6 Å². The number of ether oxygens (including phenoxy) is 4. The molecule has 354 valence electrons. The quantitative estimate of drug-likeness (QED) is 0.0829. The van der Waals surface area contributed by atoms with Crippen molar-refractivity contribution in [2.45, 2.75) is 108 Å². The van der Waals surface area contributed by atoms with Crippen LogP contribution in [0.25, 0.3) is 0 Å². The Bertz CT molecular complexity index is 2270. The lowest BCUT2D eigenvalue weighted by Crippen LogP contribution is -2.53. The lowest BCUT2D eigenvalue weighted by Gasteiger charge is -2.47. The van der Waals surface area contributed by atoms with Crippen LogP contribution in [0.1, 0.15) is 106 Å². The van der Waals surface area contributed by atoms with Gasteiger partial charge in [0.1, 0.15) is 29.4 Å². The number of rotatable bonds is 20. The first kappa shape index (κ1) is 47.6. The molecule has 3 atom stereocenters. The topological polar surface area (TPSA) is 123 Å². The first-order valence-corrected chi connectivity index (χ1v) is 24.8. The number of halogens is 1. The summed E-state index contributed by atoms with van der Waals surface area (Å²) in [4.78, 5) is 35.2. The molecule has 8 rings (SSSR count). The second kappa shape index (κ2) is 21.9. The minimum Gasteiger partial charge on any atom is -0.494 e. The number of carboxylic acids is 1. The summed E-state index contributed by atoms with van der Waals surface area (Å²) in [6.07, 6.45) is 11.3. The van der Waals surface area contributed by atoms with Crippen molar-refractivity contribution in [2.75, 3.05) is 71.6 Å². The number of pyridine rings is 1. The third-order valence-corrected chi connectivity index (χ3v) is 15.1. The molecule has 0 unspecified atom stereocenters. The Hall–Kier alpha value is -4.84. The SMILES string of the molecule is C[C@@H](COc1ccnc2c1[C@H](C)CCC2)C[C@H]1Cc2ccc(OCCCC(=O)N(C)CCc3cccc(OCCN4CCOCC4)c3)cc2[C@]12CC[C@@](Nc1cccc(Cl)c1)(C(=O)O)CC2. The van der Waals surface area contributed by atoms with E-state index in [2.05, 4.69) is 59.4 Å². The zero-order valence-electron chi connectivity index (χ0n) is 39.2. The Morgan fingerprint density at radius 1 is 0.985 bits per heavy atom. The Labute approximate surface area is 396 Å². The fourth-order valence-corrected chi connectivity index (χ4v) is 11.3. The highest BCUT2D eigenvalue weighted by Crippen LogP contribution is 2.57. The van der Waals surface area contributed by atoms with Gasteiger partial charge in [-0.3, -0.25) is 14.7 Å². The number of nitrogens with zero attached hydrogens (tertiary/aromatic N) is 3. The van der Waals surface area contributed by atoms with Crippen LogP contribution in [-0.2, 0) is 39.0 Å². The minimum absolute atomic E-state index is 0.0965. The molecule has 1 saturated carbocycles. The molecule has 1 amide bonds.